The van der Waals surface area contributed by atoms with Crippen LogP contribution in [0.5, 0.6) is 0 Å². The fraction of sp³-hybridized carbons (Fsp3) is 0.143. The van der Waals surface area contributed by atoms with E-state index in [-0.39, 0.29) is 11.9 Å². The van der Waals surface area contributed by atoms with Gasteiger partial charge in [-0.15, -0.1) is 16.4 Å². The van der Waals surface area contributed by atoms with Gasteiger partial charge in [0.1, 0.15) is 4.88 Å². The highest BCUT2D eigenvalue weighted by Crippen LogP contribution is 2.29. The third-order valence-electron chi connectivity index (χ3n) is 2.83. The number of nitrogens with one attached hydrogen (secondary N) is 1. The molecule has 0 saturated heterocycles. The number of aromatic nitrogens is 3. The van der Waals surface area contributed by atoms with Crippen LogP contribution in [0.25, 0.3) is 10.8 Å². The van der Waals surface area contributed by atoms with Crippen LogP contribution in [0.4, 0.5) is 6.01 Å². The highest BCUT2D eigenvalue weighted by molar-refractivity contribution is 7.15. The van der Waals surface area contributed by atoms with Gasteiger partial charge in [0.05, 0.1) is 10.7 Å². The number of hydrogen-bond donors (Lipinski definition) is 1. The third kappa shape index (κ3) is 3.00. The largest absolute Gasteiger partial charge is 0.402 e. The predicted octanol–water partition coefficient (Wildman–Crippen LogP) is 3.72. The number of benzene rings is 1. The summed E-state index contributed by atoms with van der Waals surface area (Å²) in [7, 11) is 0. The van der Waals surface area contributed by atoms with Gasteiger partial charge in [-0.3, -0.25) is 10.1 Å². The molecule has 112 valence electrons. The molecule has 0 bridgehead atoms. The van der Waals surface area contributed by atoms with Crippen LogP contribution in [0, 0.1) is 13.8 Å². The second-order valence-electron chi connectivity index (χ2n) is 4.52. The zero-order valence-corrected chi connectivity index (χ0v) is 13.3. The van der Waals surface area contributed by atoms with E-state index in [1.807, 2.05) is 13.8 Å². The summed E-state index contributed by atoms with van der Waals surface area (Å²) >= 11 is 7.32. The lowest BCUT2D eigenvalue weighted by Crippen LogP contribution is -2.11. The molecule has 2 aromatic heterocycles. The molecule has 0 fully saturated rings. The Morgan fingerprint density at radius 2 is 2.14 bits per heavy atom. The van der Waals surface area contributed by atoms with Crippen LogP contribution in [-0.2, 0) is 0 Å². The maximum Gasteiger partial charge on any atom is 0.322 e. The Bertz CT molecular complexity index is 843. The smallest absolute Gasteiger partial charge is 0.322 e. The van der Waals surface area contributed by atoms with Crippen LogP contribution >= 0.6 is 22.9 Å². The van der Waals surface area contributed by atoms with Crippen molar-refractivity contribution >= 4 is 34.9 Å². The second-order valence-corrected chi connectivity index (χ2v) is 6.16. The van der Waals surface area contributed by atoms with Crippen LogP contribution < -0.4 is 5.32 Å². The first-order chi connectivity index (χ1) is 10.5. The van der Waals surface area contributed by atoms with Gasteiger partial charge < -0.3 is 4.42 Å². The Hall–Kier alpha value is -2.25. The topological polar surface area (TPSA) is 80.9 Å². The number of carbonyl (C=O) groups excluding carboxylic acids is 1. The van der Waals surface area contributed by atoms with Crippen molar-refractivity contribution in [3.63, 3.8) is 0 Å². The number of hydrogen-bond acceptors (Lipinski definition) is 6. The van der Waals surface area contributed by atoms with Gasteiger partial charge in [0, 0.05) is 10.6 Å². The maximum atomic E-state index is 12.1. The van der Waals surface area contributed by atoms with Crippen molar-refractivity contribution in [2.45, 2.75) is 13.8 Å². The number of anilines is 1. The first-order valence-electron chi connectivity index (χ1n) is 6.38. The van der Waals surface area contributed by atoms with E-state index in [9.17, 15) is 4.79 Å². The zero-order chi connectivity index (χ0) is 15.7. The summed E-state index contributed by atoms with van der Waals surface area (Å²) in [5.74, 6) is -0.0283. The average Bonchev–Trinajstić information content (AvgIpc) is 3.05. The summed E-state index contributed by atoms with van der Waals surface area (Å²) in [5.41, 5.74) is 1.23. The average molecular weight is 335 g/mol. The second kappa shape index (κ2) is 5.86. The molecule has 0 aliphatic carbocycles. The lowest BCUT2D eigenvalue weighted by atomic mass is 10.2. The summed E-state index contributed by atoms with van der Waals surface area (Å²) in [5, 5.41) is 11.7. The van der Waals surface area contributed by atoms with E-state index in [2.05, 4.69) is 20.5 Å². The minimum absolute atomic E-state index is 0.0328. The van der Waals surface area contributed by atoms with Gasteiger partial charge >= 0.3 is 6.01 Å². The van der Waals surface area contributed by atoms with Crippen LogP contribution in [0.3, 0.4) is 0 Å². The molecule has 0 aliphatic rings. The maximum absolute atomic E-state index is 12.1. The van der Waals surface area contributed by atoms with Gasteiger partial charge in [0.25, 0.3) is 11.8 Å². The van der Waals surface area contributed by atoms with E-state index in [0.29, 0.717) is 16.5 Å². The van der Waals surface area contributed by atoms with E-state index in [0.717, 1.165) is 15.6 Å². The van der Waals surface area contributed by atoms with Crippen molar-refractivity contribution < 1.29 is 9.21 Å². The summed E-state index contributed by atoms with van der Waals surface area (Å²) < 4.78 is 5.47. The Morgan fingerprint density at radius 3 is 2.82 bits per heavy atom. The highest BCUT2D eigenvalue weighted by Gasteiger charge is 2.16. The van der Waals surface area contributed by atoms with Crippen LogP contribution in [0.1, 0.15) is 21.1 Å². The molecule has 1 amide bonds. The molecule has 1 aromatic carbocycles. The van der Waals surface area contributed by atoms with E-state index in [4.69, 9.17) is 16.0 Å². The van der Waals surface area contributed by atoms with Gasteiger partial charge in [-0.1, -0.05) is 22.8 Å². The Balaban J connectivity index is 1.80. The lowest BCUT2D eigenvalue weighted by molar-refractivity contribution is 0.102. The number of thiazole rings is 1. The van der Waals surface area contributed by atoms with Crippen LogP contribution in [-0.4, -0.2) is 21.1 Å². The van der Waals surface area contributed by atoms with E-state index >= 15 is 0 Å². The molecule has 6 nitrogen and oxygen atoms in total. The first-order valence-corrected chi connectivity index (χ1v) is 7.57. The first kappa shape index (κ1) is 14.7. The minimum Gasteiger partial charge on any atom is -0.402 e. The molecular formula is C14H11ClN4O2S. The number of carbonyl (C=O) groups is 1. The fourth-order valence-corrected chi connectivity index (χ4v) is 2.93. The number of aryl methyl sites for hydroxylation is 2. The third-order valence-corrected chi connectivity index (χ3v) is 4.13. The minimum atomic E-state index is -0.366. The van der Waals surface area contributed by atoms with Gasteiger partial charge in [0.2, 0.25) is 0 Å². The van der Waals surface area contributed by atoms with Gasteiger partial charge in [-0.2, -0.15) is 0 Å². The highest BCUT2D eigenvalue weighted by atomic mass is 35.5. The number of amides is 1. The van der Waals surface area contributed by atoms with E-state index in [1.165, 1.54) is 11.3 Å². The van der Waals surface area contributed by atoms with Crippen molar-refractivity contribution in [3.8, 4) is 10.8 Å². The predicted molar refractivity (Wildman–Crippen MR) is 84.3 cm³/mol. The normalized spacial score (nSPS) is 10.7. The van der Waals surface area contributed by atoms with Crippen molar-refractivity contribution in [1.82, 2.24) is 15.2 Å². The fourth-order valence-electron chi connectivity index (χ4n) is 1.89. The van der Waals surface area contributed by atoms with Crippen molar-refractivity contribution in [1.29, 1.82) is 0 Å². The van der Waals surface area contributed by atoms with Crippen LogP contribution in [0.2, 0.25) is 5.02 Å². The molecule has 22 heavy (non-hydrogen) atoms. The Morgan fingerprint density at radius 1 is 1.32 bits per heavy atom. The van der Waals surface area contributed by atoms with E-state index in [1.54, 1.807) is 24.3 Å². The van der Waals surface area contributed by atoms with Crippen LogP contribution in [0.15, 0.2) is 28.7 Å². The van der Waals surface area contributed by atoms with Crippen molar-refractivity contribution in [3.05, 3.63) is 45.6 Å². The number of nitrogens with zero attached hydrogens (tertiary/aromatic N) is 3. The summed E-state index contributed by atoms with van der Waals surface area (Å²) in [6.07, 6.45) is 0. The van der Waals surface area contributed by atoms with Crippen molar-refractivity contribution in [2.24, 2.45) is 0 Å². The molecule has 3 rings (SSSR count). The van der Waals surface area contributed by atoms with Gasteiger partial charge in [0.15, 0.2) is 0 Å². The lowest BCUT2D eigenvalue weighted by Gasteiger charge is -2.00. The SMILES string of the molecule is Cc1nc(C)c(-c2nnc(NC(=O)c3cccc(Cl)c3)o2)s1. The Labute approximate surface area is 135 Å². The monoisotopic (exact) mass is 334 g/mol. The molecule has 0 unspecified atom stereocenters. The summed E-state index contributed by atoms with van der Waals surface area (Å²) in [6, 6.07) is 6.63. The number of rotatable bonds is 3. The standard InChI is InChI=1S/C14H11ClN4O2S/c1-7-11(22-8(2)16-7)13-18-19-14(21-13)17-12(20)9-4-3-5-10(15)6-9/h3-6H,1-2H3,(H,17,19,20). The van der Waals surface area contributed by atoms with E-state index < -0.39 is 0 Å². The zero-order valence-electron chi connectivity index (χ0n) is 11.8. The van der Waals surface area contributed by atoms with Gasteiger partial charge in [-0.25, -0.2) is 4.98 Å². The molecule has 3 aromatic rings. The molecule has 0 saturated carbocycles. The molecule has 8 heteroatoms. The number of halogens is 1. The molecular weight excluding hydrogens is 324 g/mol. The molecule has 0 aliphatic heterocycles. The molecule has 1 N–H and O–H groups in total. The molecule has 2 heterocycles. The van der Waals surface area contributed by atoms with Gasteiger partial charge in [-0.05, 0) is 32.0 Å². The molecule has 0 atom stereocenters. The van der Waals surface area contributed by atoms with Crippen molar-refractivity contribution in [2.75, 3.05) is 5.32 Å². The Kier molecular flexibility index (Phi) is 3.91. The summed E-state index contributed by atoms with van der Waals surface area (Å²) in [4.78, 5) is 17.2. The quantitative estimate of drug-likeness (QED) is 0.789. The molecule has 0 spiro atoms. The summed E-state index contributed by atoms with van der Waals surface area (Å²) in [6.45, 7) is 3.77. The molecule has 0 radical (unpaired) electrons.